The largest absolute Gasteiger partial charge is 0.342 e. The average molecular weight is 396 g/mol. The van der Waals surface area contributed by atoms with Gasteiger partial charge in [-0.1, -0.05) is 29.5 Å². The second kappa shape index (κ2) is 8.76. The Morgan fingerprint density at radius 1 is 1.07 bits per heavy atom. The first-order valence-electron chi connectivity index (χ1n) is 10.6. The Labute approximate surface area is 171 Å². The van der Waals surface area contributed by atoms with E-state index >= 15 is 0 Å². The molecule has 1 aromatic carbocycles. The summed E-state index contributed by atoms with van der Waals surface area (Å²) in [4.78, 5) is 29.1. The van der Waals surface area contributed by atoms with Gasteiger partial charge in [-0.2, -0.15) is 0 Å². The van der Waals surface area contributed by atoms with E-state index in [9.17, 15) is 9.59 Å². The minimum atomic E-state index is -0.0209. The van der Waals surface area contributed by atoms with Gasteiger partial charge in [-0.25, -0.2) is 0 Å². The van der Waals surface area contributed by atoms with Crippen LogP contribution in [0.2, 0.25) is 0 Å². The Morgan fingerprint density at radius 3 is 2.62 bits per heavy atom. The lowest BCUT2D eigenvalue weighted by molar-refractivity contribution is -0.132. The molecule has 7 heteroatoms. The first-order chi connectivity index (χ1) is 14.1. The van der Waals surface area contributed by atoms with Gasteiger partial charge in [0.15, 0.2) is 5.69 Å². The van der Waals surface area contributed by atoms with E-state index in [1.165, 1.54) is 0 Å². The molecule has 2 aliphatic heterocycles. The predicted molar refractivity (Wildman–Crippen MR) is 109 cm³/mol. The number of nitrogens with zero attached hydrogens (tertiary/aromatic N) is 5. The van der Waals surface area contributed by atoms with E-state index < -0.39 is 0 Å². The van der Waals surface area contributed by atoms with Gasteiger partial charge in [-0.3, -0.25) is 14.3 Å². The van der Waals surface area contributed by atoms with Crippen molar-refractivity contribution in [2.45, 2.75) is 45.6 Å². The molecule has 0 radical (unpaired) electrons. The summed E-state index contributed by atoms with van der Waals surface area (Å²) in [7, 11) is 0. The molecule has 7 nitrogen and oxygen atoms in total. The highest BCUT2D eigenvalue weighted by Gasteiger charge is 2.26. The van der Waals surface area contributed by atoms with E-state index in [0.29, 0.717) is 24.6 Å². The highest BCUT2D eigenvalue weighted by Crippen LogP contribution is 2.20. The van der Waals surface area contributed by atoms with Crippen LogP contribution in [0.25, 0.3) is 0 Å². The lowest BCUT2D eigenvalue weighted by Gasteiger charge is -2.33. The molecular weight excluding hydrogens is 366 g/mol. The van der Waals surface area contributed by atoms with Crippen LogP contribution in [0.3, 0.4) is 0 Å². The molecule has 29 heavy (non-hydrogen) atoms. The van der Waals surface area contributed by atoms with Gasteiger partial charge in [-0.15, -0.1) is 5.10 Å². The highest BCUT2D eigenvalue weighted by atomic mass is 16.2. The Balaban J connectivity index is 1.33. The van der Waals surface area contributed by atoms with E-state index in [-0.39, 0.29) is 11.8 Å². The standard InChI is InChI=1S/C22H29N5O2/c1-17-7-2-3-9-19(17)13-21(28)26-12-6-8-18(14-26)15-27-16-20(23-24-27)22(29)25-10-4-5-11-25/h2-3,7,9,16,18H,4-6,8,10-15H2,1H3. The number of rotatable bonds is 5. The lowest BCUT2D eigenvalue weighted by Crippen LogP contribution is -2.42. The maximum atomic E-state index is 12.8. The molecule has 2 aliphatic rings. The van der Waals surface area contributed by atoms with Crippen molar-refractivity contribution in [2.24, 2.45) is 5.92 Å². The number of likely N-dealkylation sites (tertiary alicyclic amines) is 2. The fourth-order valence-electron chi connectivity index (χ4n) is 4.36. The molecule has 0 aliphatic carbocycles. The van der Waals surface area contributed by atoms with Crippen molar-refractivity contribution >= 4 is 11.8 Å². The van der Waals surface area contributed by atoms with Crippen molar-refractivity contribution < 1.29 is 9.59 Å². The molecule has 0 bridgehead atoms. The van der Waals surface area contributed by atoms with Crippen LogP contribution in [-0.4, -0.2) is 62.8 Å². The van der Waals surface area contributed by atoms with Crippen molar-refractivity contribution in [2.75, 3.05) is 26.2 Å². The maximum absolute atomic E-state index is 12.8. The first kappa shape index (κ1) is 19.6. The molecule has 2 amide bonds. The molecular formula is C22H29N5O2. The summed E-state index contributed by atoms with van der Waals surface area (Å²) in [5.41, 5.74) is 2.68. The molecule has 0 spiro atoms. The smallest absolute Gasteiger partial charge is 0.276 e. The van der Waals surface area contributed by atoms with Crippen LogP contribution in [0, 0.1) is 12.8 Å². The third kappa shape index (κ3) is 4.66. The number of piperidine rings is 1. The topological polar surface area (TPSA) is 71.3 Å². The number of carbonyl (C=O) groups is 2. The molecule has 154 valence electrons. The minimum Gasteiger partial charge on any atom is -0.342 e. The lowest BCUT2D eigenvalue weighted by atomic mass is 9.97. The van der Waals surface area contributed by atoms with Gasteiger partial charge in [-0.05, 0) is 49.7 Å². The van der Waals surface area contributed by atoms with Crippen LogP contribution in [0.4, 0.5) is 0 Å². The average Bonchev–Trinajstić information content (AvgIpc) is 3.42. The number of aryl methyl sites for hydroxylation is 1. The quantitative estimate of drug-likeness (QED) is 0.779. The maximum Gasteiger partial charge on any atom is 0.276 e. The number of hydrogen-bond acceptors (Lipinski definition) is 4. The van der Waals surface area contributed by atoms with Crippen LogP contribution < -0.4 is 0 Å². The molecule has 1 atom stereocenters. The van der Waals surface area contributed by atoms with Gasteiger partial charge >= 0.3 is 0 Å². The monoisotopic (exact) mass is 395 g/mol. The molecule has 3 heterocycles. The second-order valence-corrected chi connectivity index (χ2v) is 8.28. The highest BCUT2D eigenvalue weighted by molar-refractivity contribution is 5.92. The van der Waals surface area contributed by atoms with Crippen LogP contribution in [0.15, 0.2) is 30.5 Å². The van der Waals surface area contributed by atoms with Crippen LogP contribution in [-0.2, 0) is 17.8 Å². The normalized spacial score (nSPS) is 19.6. The summed E-state index contributed by atoms with van der Waals surface area (Å²) in [6, 6.07) is 8.07. The second-order valence-electron chi connectivity index (χ2n) is 8.28. The Kier molecular flexibility index (Phi) is 5.92. The molecule has 2 aromatic rings. The summed E-state index contributed by atoms with van der Waals surface area (Å²) in [6.45, 7) is 5.91. The summed E-state index contributed by atoms with van der Waals surface area (Å²) >= 11 is 0. The number of hydrogen-bond donors (Lipinski definition) is 0. The SMILES string of the molecule is Cc1ccccc1CC(=O)N1CCCC(Cn2cc(C(=O)N3CCCC3)nn2)C1. The fraction of sp³-hybridized carbons (Fsp3) is 0.545. The third-order valence-corrected chi connectivity index (χ3v) is 6.07. The van der Waals surface area contributed by atoms with Gasteiger partial charge in [0, 0.05) is 32.7 Å². The molecule has 2 fully saturated rings. The minimum absolute atomic E-state index is 0.0209. The van der Waals surface area contributed by atoms with Gasteiger partial charge in [0.25, 0.3) is 5.91 Å². The molecule has 4 rings (SSSR count). The summed E-state index contributed by atoms with van der Waals surface area (Å²) in [6.07, 6.45) is 6.40. The van der Waals surface area contributed by atoms with Gasteiger partial charge < -0.3 is 9.80 Å². The molecule has 0 N–H and O–H groups in total. The van der Waals surface area contributed by atoms with E-state index in [1.54, 1.807) is 10.9 Å². The third-order valence-electron chi connectivity index (χ3n) is 6.07. The molecule has 1 unspecified atom stereocenters. The number of amides is 2. The Bertz CT molecular complexity index is 872. The van der Waals surface area contributed by atoms with E-state index in [1.807, 2.05) is 41.0 Å². The number of aromatic nitrogens is 3. The zero-order chi connectivity index (χ0) is 20.2. The van der Waals surface area contributed by atoms with Crippen LogP contribution in [0.5, 0.6) is 0 Å². The summed E-state index contributed by atoms with van der Waals surface area (Å²) in [5, 5.41) is 8.25. The van der Waals surface area contributed by atoms with Crippen molar-refractivity contribution in [3.63, 3.8) is 0 Å². The van der Waals surface area contributed by atoms with Crippen molar-refractivity contribution in [1.82, 2.24) is 24.8 Å². The van der Waals surface area contributed by atoms with Crippen molar-refractivity contribution in [3.8, 4) is 0 Å². The van der Waals surface area contributed by atoms with Crippen LogP contribution >= 0.6 is 0 Å². The van der Waals surface area contributed by atoms with Gasteiger partial charge in [0.05, 0.1) is 12.6 Å². The summed E-state index contributed by atoms with van der Waals surface area (Å²) < 4.78 is 1.77. The van der Waals surface area contributed by atoms with Crippen molar-refractivity contribution in [3.05, 3.63) is 47.3 Å². The Morgan fingerprint density at radius 2 is 1.83 bits per heavy atom. The van der Waals surface area contributed by atoms with E-state index in [4.69, 9.17) is 0 Å². The zero-order valence-corrected chi connectivity index (χ0v) is 17.1. The molecule has 2 saturated heterocycles. The predicted octanol–water partition coefficient (Wildman–Crippen LogP) is 2.30. The number of carbonyl (C=O) groups excluding carboxylic acids is 2. The van der Waals surface area contributed by atoms with Gasteiger partial charge in [0.1, 0.15) is 0 Å². The Hall–Kier alpha value is -2.70. The van der Waals surface area contributed by atoms with E-state index in [2.05, 4.69) is 10.3 Å². The van der Waals surface area contributed by atoms with Gasteiger partial charge in [0.2, 0.25) is 5.91 Å². The molecule has 1 aromatic heterocycles. The molecule has 0 saturated carbocycles. The fourth-order valence-corrected chi connectivity index (χ4v) is 4.36. The first-order valence-corrected chi connectivity index (χ1v) is 10.6. The zero-order valence-electron chi connectivity index (χ0n) is 17.1. The number of benzene rings is 1. The van der Waals surface area contributed by atoms with E-state index in [0.717, 1.165) is 63.0 Å². The van der Waals surface area contributed by atoms with Crippen LogP contribution in [0.1, 0.15) is 47.3 Å². The summed E-state index contributed by atoms with van der Waals surface area (Å²) in [5.74, 6) is 0.501. The van der Waals surface area contributed by atoms with Crippen molar-refractivity contribution in [1.29, 1.82) is 0 Å².